The van der Waals surface area contributed by atoms with Crippen LogP contribution in [0.3, 0.4) is 0 Å². The second kappa shape index (κ2) is 8.36. The minimum atomic E-state index is -3.59. The van der Waals surface area contributed by atoms with Crippen molar-refractivity contribution in [2.24, 2.45) is 0 Å². The molecule has 2 aromatic carbocycles. The molecular formula is C21H23N3O4S. The molecule has 1 fully saturated rings. The Morgan fingerprint density at radius 2 is 1.83 bits per heavy atom. The van der Waals surface area contributed by atoms with Crippen LogP contribution in [0.15, 0.2) is 65.7 Å². The number of para-hydroxylation sites is 1. The van der Waals surface area contributed by atoms with Crippen molar-refractivity contribution >= 4 is 32.5 Å². The summed E-state index contributed by atoms with van der Waals surface area (Å²) in [5.74, 6) is -0.163. The van der Waals surface area contributed by atoms with E-state index in [9.17, 15) is 13.2 Å². The summed E-state index contributed by atoms with van der Waals surface area (Å²) in [5.41, 5.74) is 1.56. The van der Waals surface area contributed by atoms with Crippen molar-refractivity contribution < 1.29 is 17.9 Å². The first-order chi connectivity index (χ1) is 14.0. The molecule has 1 saturated heterocycles. The Kier molecular flexibility index (Phi) is 5.66. The van der Waals surface area contributed by atoms with E-state index in [1.165, 1.54) is 10.4 Å². The van der Waals surface area contributed by atoms with Crippen LogP contribution in [0.5, 0.6) is 0 Å². The lowest BCUT2D eigenvalue weighted by atomic mass is 10.2. The highest BCUT2D eigenvalue weighted by atomic mass is 32.2. The molecule has 8 heteroatoms. The van der Waals surface area contributed by atoms with Crippen LogP contribution in [0.2, 0.25) is 0 Å². The van der Waals surface area contributed by atoms with Gasteiger partial charge in [0.15, 0.2) is 0 Å². The molecule has 152 valence electrons. The van der Waals surface area contributed by atoms with Gasteiger partial charge in [0.1, 0.15) is 0 Å². The van der Waals surface area contributed by atoms with Gasteiger partial charge in [0.25, 0.3) is 0 Å². The predicted octanol–water partition coefficient (Wildman–Crippen LogP) is 2.69. The van der Waals surface area contributed by atoms with E-state index in [1.54, 1.807) is 18.2 Å². The quantitative estimate of drug-likeness (QED) is 0.674. The van der Waals surface area contributed by atoms with Gasteiger partial charge in [-0.2, -0.15) is 4.31 Å². The minimum Gasteiger partial charge on any atom is -0.379 e. The van der Waals surface area contributed by atoms with E-state index in [2.05, 4.69) is 5.32 Å². The van der Waals surface area contributed by atoms with Gasteiger partial charge >= 0.3 is 0 Å². The summed E-state index contributed by atoms with van der Waals surface area (Å²) in [7, 11) is -3.59. The van der Waals surface area contributed by atoms with Gasteiger partial charge in [0.05, 0.1) is 18.1 Å². The van der Waals surface area contributed by atoms with Gasteiger partial charge in [-0.1, -0.05) is 24.3 Å². The molecule has 4 rings (SSSR count). The Bertz CT molecular complexity index is 1120. The first-order valence-corrected chi connectivity index (χ1v) is 11.0. The number of aromatic nitrogens is 1. The molecule has 1 N–H and O–H groups in total. The number of sulfonamides is 1. The van der Waals surface area contributed by atoms with Crippen LogP contribution in [-0.4, -0.2) is 49.5 Å². The molecule has 7 nitrogen and oxygen atoms in total. The van der Waals surface area contributed by atoms with E-state index in [0.29, 0.717) is 45.0 Å². The second-order valence-corrected chi connectivity index (χ2v) is 8.85. The third-order valence-corrected chi connectivity index (χ3v) is 6.88. The predicted molar refractivity (Wildman–Crippen MR) is 111 cm³/mol. The van der Waals surface area contributed by atoms with E-state index in [-0.39, 0.29) is 10.8 Å². The number of morpholine rings is 1. The number of hydrogen-bond donors (Lipinski definition) is 1. The summed E-state index contributed by atoms with van der Waals surface area (Å²) in [5, 5.41) is 3.94. The fourth-order valence-corrected chi connectivity index (χ4v) is 4.91. The number of ether oxygens (including phenoxy) is 1. The highest BCUT2D eigenvalue weighted by Gasteiger charge is 2.26. The molecule has 1 aliphatic heterocycles. The Hall–Kier alpha value is -2.68. The van der Waals surface area contributed by atoms with Gasteiger partial charge in [-0.25, -0.2) is 8.42 Å². The molecule has 29 heavy (non-hydrogen) atoms. The van der Waals surface area contributed by atoms with E-state index in [4.69, 9.17) is 4.74 Å². The summed E-state index contributed by atoms with van der Waals surface area (Å²) in [6.45, 7) is 2.01. The number of benzene rings is 2. The van der Waals surface area contributed by atoms with Crippen LogP contribution in [0, 0.1) is 0 Å². The average Bonchev–Trinajstić information content (AvgIpc) is 3.16. The number of anilines is 1. The van der Waals surface area contributed by atoms with Crippen molar-refractivity contribution in [2.45, 2.75) is 17.9 Å². The van der Waals surface area contributed by atoms with Gasteiger partial charge < -0.3 is 14.6 Å². The number of carbonyl (C=O) groups excluding carboxylic acids is 1. The molecule has 0 aliphatic carbocycles. The molecule has 1 amide bonds. The molecule has 0 bridgehead atoms. The molecule has 0 spiro atoms. The summed E-state index contributed by atoms with van der Waals surface area (Å²) in [6.07, 6.45) is 2.26. The van der Waals surface area contributed by atoms with E-state index < -0.39 is 10.0 Å². The molecule has 2 heterocycles. The summed E-state index contributed by atoms with van der Waals surface area (Å²) in [4.78, 5) is 12.6. The van der Waals surface area contributed by atoms with Crippen molar-refractivity contribution in [3.8, 4) is 0 Å². The average molecular weight is 413 g/mol. The molecule has 0 saturated carbocycles. The molecule has 1 aromatic heterocycles. The highest BCUT2D eigenvalue weighted by Crippen LogP contribution is 2.21. The Morgan fingerprint density at radius 1 is 1.03 bits per heavy atom. The summed E-state index contributed by atoms with van der Waals surface area (Å²) < 4.78 is 34.2. The van der Waals surface area contributed by atoms with Crippen LogP contribution < -0.4 is 5.32 Å². The normalized spacial score (nSPS) is 15.4. The number of carbonyl (C=O) groups is 1. The van der Waals surface area contributed by atoms with Gasteiger partial charge in [-0.15, -0.1) is 0 Å². The fraction of sp³-hybridized carbons (Fsp3) is 0.286. The zero-order valence-corrected chi connectivity index (χ0v) is 16.8. The van der Waals surface area contributed by atoms with Crippen molar-refractivity contribution in [3.05, 3.63) is 60.8 Å². The number of nitrogens with one attached hydrogen (secondary N) is 1. The maximum Gasteiger partial charge on any atom is 0.243 e. The number of amides is 1. The molecule has 0 radical (unpaired) electrons. The van der Waals surface area contributed by atoms with Crippen molar-refractivity contribution in [3.63, 3.8) is 0 Å². The van der Waals surface area contributed by atoms with Crippen LogP contribution in [0.4, 0.5) is 5.69 Å². The maximum absolute atomic E-state index is 12.8. The number of hydrogen-bond acceptors (Lipinski definition) is 4. The topological polar surface area (TPSA) is 80.6 Å². The Morgan fingerprint density at radius 3 is 2.66 bits per heavy atom. The number of rotatable bonds is 6. The standard InChI is InChI=1S/C21H23N3O4S/c25-21(9-11-23-10-8-17-4-1-2-7-20(17)23)22-18-5-3-6-19(16-18)29(26,27)24-12-14-28-15-13-24/h1-8,10,16H,9,11-15H2,(H,22,25). The highest BCUT2D eigenvalue weighted by molar-refractivity contribution is 7.89. The van der Waals surface area contributed by atoms with E-state index >= 15 is 0 Å². The Balaban J connectivity index is 1.41. The smallest absolute Gasteiger partial charge is 0.243 e. The molecule has 1 aliphatic rings. The van der Waals surface area contributed by atoms with Crippen molar-refractivity contribution in [2.75, 3.05) is 31.6 Å². The monoisotopic (exact) mass is 413 g/mol. The van der Waals surface area contributed by atoms with Crippen molar-refractivity contribution in [1.29, 1.82) is 0 Å². The number of aryl methyl sites for hydroxylation is 1. The number of nitrogens with zero attached hydrogens (tertiary/aromatic N) is 2. The van der Waals surface area contributed by atoms with Gasteiger partial charge in [0, 0.05) is 43.5 Å². The number of fused-ring (bicyclic) bond motifs is 1. The SMILES string of the molecule is O=C(CCn1ccc2ccccc21)Nc1cccc(S(=O)(=O)N2CCOCC2)c1. The van der Waals surface area contributed by atoms with Gasteiger partial charge in [-0.05, 0) is 35.7 Å². The lowest BCUT2D eigenvalue weighted by Crippen LogP contribution is -2.40. The van der Waals surface area contributed by atoms with Crippen LogP contribution in [-0.2, 0) is 26.1 Å². The molecular weight excluding hydrogens is 390 g/mol. The largest absolute Gasteiger partial charge is 0.379 e. The molecule has 0 atom stereocenters. The first-order valence-electron chi connectivity index (χ1n) is 9.56. The van der Waals surface area contributed by atoms with Crippen molar-refractivity contribution in [1.82, 2.24) is 8.87 Å². The lowest BCUT2D eigenvalue weighted by molar-refractivity contribution is -0.116. The van der Waals surface area contributed by atoms with Crippen LogP contribution >= 0.6 is 0 Å². The maximum atomic E-state index is 12.8. The van der Waals surface area contributed by atoms with Crippen LogP contribution in [0.25, 0.3) is 10.9 Å². The first kappa shape index (κ1) is 19.6. The van der Waals surface area contributed by atoms with Gasteiger partial charge in [-0.3, -0.25) is 4.79 Å². The summed E-state index contributed by atoms with van der Waals surface area (Å²) >= 11 is 0. The molecule has 0 unspecified atom stereocenters. The fourth-order valence-electron chi connectivity index (χ4n) is 3.45. The zero-order chi connectivity index (χ0) is 20.3. The third-order valence-electron chi connectivity index (χ3n) is 4.99. The third kappa shape index (κ3) is 4.34. The van der Waals surface area contributed by atoms with E-state index in [0.717, 1.165) is 10.9 Å². The molecule has 3 aromatic rings. The minimum absolute atomic E-state index is 0.163. The second-order valence-electron chi connectivity index (χ2n) is 6.91. The summed E-state index contributed by atoms with van der Waals surface area (Å²) in [6, 6.07) is 16.4. The van der Waals surface area contributed by atoms with Crippen LogP contribution in [0.1, 0.15) is 6.42 Å². The van der Waals surface area contributed by atoms with Gasteiger partial charge in [0.2, 0.25) is 15.9 Å². The van der Waals surface area contributed by atoms with E-state index in [1.807, 2.05) is 41.1 Å². The zero-order valence-electron chi connectivity index (χ0n) is 16.0. The lowest BCUT2D eigenvalue weighted by Gasteiger charge is -2.26. The Labute approximate surface area is 169 Å².